The zero-order valence-corrected chi connectivity index (χ0v) is 12.3. The van der Waals surface area contributed by atoms with Crippen LogP contribution in [0.1, 0.15) is 5.56 Å². The van der Waals surface area contributed by atoms with Gasteiger partial charge in [-0.05, 0) is 34.7 Å². The number of hydrogen-bond acceptors (Lipinski definition) is 2. The van der Waals surface area contributed by atoms with E-state index in [1.54, 1.807) is 41.5 Å². The van der Waals surface area contributed by atoms with Crippen LogP contribution in [0.5, 0.6) is 0 Å². The third kappa shape index (κ3) is 3.13. The van der Waals surface area contributed by atoms with Gasteiger partial charge in [-0.3, -0.25) is 0 Å². The average molecular weight is 383 g/mol. The van der Waals surface area contributed by atoms with Crippen molar-refractivity contribution in [1.82, 2.24) is 9.55 Å². The van der Waals surface area contributed by atoms with Gasteiger partial charge in [0.15, 0.2) is 3.61 Å². The Labute approximate surface area is 123 Å². The van der Waals surface area contributed by atoms with Crippen molar-refractivity contribution in [2.24, 2.45) is 0 Å². The molecule has 2 rings (SSSR count). The van der Waals surface area contributed by atoms with Crippen LogP contribution in [-0.4, -0.2) is 14.7 Å². The van der Waals surface area contributed by atoms with Crippen LogP contribution in [0, 0.1) is 0 Å². The average Bonchev–Trinajstić information content (AvgIpc) is 2.68. The van der Waals surface area contributed by atoms with Gasteiger partial charge in [-0.15, -0.1) is 0 Å². The minimum atomic E-state index is -1.10. The third-order valence-corrected chi connectivity index (χ3v) is 3.77. The van der Waals surface area contributed by atoms with E-state index in [1.807, 2.05) is 22.6 Å². The van der Waals surface area contributed by atoms with Gasteiger partial charge >= 0.3 is 0 Å². The van der Waals surface area contributed by atoms with Gasteiger partial charge in [-0.2, -0.15) is 0 Å². The summed E-state index contributed by atoms with van der Waals surface area (Å²) >= 11 is 13.9. The molecule has 3 nitrogen and oxygen atoms in total. The minimum Gasteiger partial charge on any atom is -0.373 e. The van der Waals surface area contributed by atoms with E-state index in [0.717, 1.165) is 0 Å². The lowest BCUT2D eigenvalue weighted by molar-refractivity contribution is 0.136. The SMILES string of the molecule is OC(I)(Cn1ccnc1)c1ccc(Cl)cc1Cl. The van der Waals surface area contributed by atoms with Gasteiger partial charge in [-0.1, -0.05) is 29.3 Å². The van der Waals surface area contributed by atoms with Crippen LogP contribution < -0.4 is 0 Å². The van der Waals surface area contributed by atoms with Crippen LogP contribution in [-0.2, 0) is 10.2 Å². The summed E-state index contributed by atoms with van der Waals surface area (Å²) in [6.45, 7) is 0.370. The Bertz CT molecular complexity index is 514. The Morgan fingerprint density at radius 2 is 2.18 bits per heavy atom. The molecule has 0 saturated heterocycles. The molecule has 0 aliphatic carbocycles. The zero-order valence-electron chi connectivity index (χ0n) is 8.65. The molecule has 0 spiro atoms. The van der Waals surface area contributed by atoms with Gasteiger partial charge in [0.2, 0.25) is 0 Å². The standard InChI is InChI=1S/C11H9Cl2IN2O/c12-8-1-2-9(10(13)5-8)11(14,17)6-16-4-3-15-7-16/h1-5,7,17H,6H2. The molecule has 0 saturated carbocycles. The molecule has 2 aromatic rings. The normalized spacial score (nSPS) is 14.6. The fraction of sp³-hybridized carbons (Fsp3) is 0.182. The van der Waals surface area contributed by atoms with Gasteiger partial charge in [0.05, 0.1) is 12.9 Å². The number of benzene rings is 1. The van der Waals surface area contributed by atoms with Gasteiger partial charge in [0.1, 0.15) is 0 Å². The number of hydrogen-bond donors (Lipinski definition) is 1. The van der Waals surface area contributed by atoms with Crippen molar-refractivity contribution in [2.75, 3.05) is 0 Å². The van der Waals surface area contributed by atoms with E-state index >= 15 is 0 Å². The number of halogens is 3. The maximum absolute atomic E-state index is 10.4. The second-order valence-corrected chi connectivity index (χ2v) is 6.25. The summed E-state index contributed by atoms with van der Waals surface area (Å²) in [5.41, 5.74) is 0.637. The number of alkyl halides is 1. The summed E-state index contributed by atoms with van der Waals surface area (Å²) in [5, 5.41) is 11.4. The Morgan fingerprint density at radius 3 is 2.76 bits per heavy atom. The molecule has 6 heteroatoms. The zero-order chi connectivity index (χ0) is 12.5. The molecule has 1 aromatic heterocycles. The molecule has 17 heavy (non-hydrogen) atoms. The lowest BCUT2D eigenvalue weighted by Gasteiger charge is -2.23. The molecule has 0 radical (unpaired) electrons. The predicted octanol–water partition coefficient (Wildman–Crippen LogP) is 3.47. The molecule has 1 aromatic carbocycles. The van der Waals surface area contributed by atoms with E-state index in [1.165, 1.54) is 0 Å². The summed E-state index contributed by atoms with van der Waals surface area (Å²) in [5.74, 6) is 0. The molecule has 1 atom stereocenters. The molecule has 1 heterocycles. The Balaban J connectivity index is 2.30. The smallest absolute Gasteiger partial charge is 0.160 e. The largest absolute Gasteiger partial charge is 0.373 e. The van der Waals surface area contributed by atoms with Crippen LogP contribution in [0.15, 0.2) is 36.9 Å². The minimum absolute atomic E-state index is 0.370. The van der Waals surface area contributed by atoms with Gasteiger partial charge in [0, 0.05) is 28.0 Å². The maximum Gasteiger partial charge on any atom is 0.160 e. The number of aliphatic hydroxyl groups is 1. The second kappa shape index (κ2) is 5.14. The highest BCUT2D eigenvalue weighted by Crippen LogP contribution is 2.36. The summed E-state index contributed by atoms with van der Waals surface area (Å²) in [7, 11) is 0. The van der Waals surface area contributed by atoms with Crippen molar-refractivity contribution in [2.45, 2.75) is 10.2 Å². The van der Waals surface area contributed by atoms with Crippen LogP contribution in [0.2, 0.25) is 10.0 Å². The summed E-state index contributed by atoms with van der Waals surface area (Å²) in [6.07, 6.45) is 5.09. The number of aromatic nitrogens is 2. The molecular formula is C11H9Cl2IN2O. The molecule has 0 fully saturated rings. The van der Waals surface area contributed by atoms with Crippen molar-refractivity contribution >= 4 is 45.8 Å². The first-order chi connectivity index (χ1) is 7.99. The van der Waals surface area contributed by atoms with E-state index in [9.17, 15) is 5.11 Å². The summed E-state index contributed by atoms with van der Waals surface area (Å²) < 4.78 is 0.692. The van der Waals surface area contributed by atoms with Crippen molar-refractivity contribution in [3.05, 3.63) is 52.5 Å². The van der Waals surface area contributed by atoms with Gasteiger partial charge in [-0.25, -0.2) is 4.98 Å². The fourth-order valence-electron chi connectivity index (χ4n) is 1.51. The van der Waals surface area contributed by atoms with E-state index < -0.39 is 3.61 Å². The molecule has 0 amide bonds. The van der Waals surface area contributed by atoms with E-state index in [2.05, 4.69) is 4.98 Å². The molecule has 0 aliphatic heterocycles. The highest BCUT2D eigenvalue weighted by molar-refractivity contribution is 14.1. The summed E-state index contributed by atoms with van der Waals surface area (Å²) in [6, 6.07) is 5.06. The highest BCUT2D eigenvalue weighted by atomic mass is 127. The van der Waals surface area contributed by atoms with Crippen molar-refractivity contribution in [1.29, 1.82) is 0 Å². The topological polar surface area (TPSA) is 38.0 Å². The third-order valence-electron chi connectivity index (χ3n) is 2.30. The van der Waals surface area contributed by atoms with Crippen molar-refractivity contribution in [3.8, 4) is 0 Å². The number of imidazole rings is 1. The molecule has 0 aliphatic rings. The van der Waals surface area contributed by atoms with E-state index in [4.69, 9.17) is 23.2 Å². The van der Waals surface area contributed by atoms with Crippen LogP contribution in [0.4, 0.5) is 0 Å². The van der Waals surface area contributed by atoms with Gasteiger partial charge < -0.3 is 9.67 Å². The van der Waals surface area contributed by atoms with Crippen molar-refractivity contribution < 1.29 is 5.11 Å². The monoisotopic (exact) mass is 382 g/mol. The molecular weight excluding hydrogens is 374 g/mol. The fourth-order valence-corrected chi connectivity index (χ4v) is 3.10. The first-order valence-electron chi connectivity index (χ1n) is 4.81. The number of rotatable bonds is 3. The van der Waals surface area contributed by atoms with Crippen LogP contribution in [0.25, 0.3) is 0 Å². The molecule has 1 N–H and O–H groups in total. The van der Waals surface area contributed by atoms with Crippen molar-refractivity contribution in [3.63, 3.8) is 0 Å². The highest BCUT2D eigenvalue weighted by Gasteiger charge is 2.28. The first kappa shape index (κ1) is 13.1. The quantitative estimate of drug-likeness (QED) is 0.652. The lowest BCUT2D eigenvalue weighted by atomic mass is 10.1. The van der Waals surface area contributed by atoms with E-state index in [0.29, 0.717) is 22.2 Å². The summed E-state index contributed by atoms with van der Waals surface area (Å²) in [4.78, 5) is 3.93. The molecule has 90 valence electrons. The van der Waals surface area contributed by atoms with Crippen LogP contribution >= 0.6 is 45.8 Å². The van der Waals surface area contributed by atoms with E-state index in [-0.39, 0.29) is 0 Å². The lowest BCUT2D eigenvalue weighted by Crippen LogP contribution is -2.24. The number of nitrogens with zero attached hydrogens (tertiary/aromatic N) is 2. The van der Waals surface area contributed by atoms with Crippen LogP contribution in [0.3, 0.4) is 0 Å². The van der Waals surface area contributed by atoms with Gasteiger partial charge in [0.25, 0.3) is 0 Å². The maximum atomic E-state index is 10.4. The Kier molecular flexibility index (Phi) is 3.97. The molecule has 0 bridgehead atoms. The first-order valence-corrected chi connectivity index (χ1v) is 6.65. The second-order valence-electron chi connectivity index (χ2n) is 3.62. The Hall–Kier alpha value is -0.300. The Morgan fingerprint density at radius 1 is 1.41 bits per heavy atom. The predicted molar refractivity (Wildman–Crippen MR) is 76.6 cm³/mol. The molecule has 1 unspecified atom stereocenters.